The van der Waals surface area contributed by atoms with Crippen LogP contribution < -0.4 is 10.1 Å². The lowest BCUT2D eigenvalue weighted by Crippen LogP contribution is -2.40. The maximum atomic E-state index is 12.8. The van der Waals surface area contributed by atoms with Crippen molar-refractivity contribution in [2.24, 2.45) is 5.41 Å². The molecule has 1 unspecified atom stereocenters. The highest BCUT2D eigenvalue weighted by Crippen LogP contribution is 2.31. The molecule has 1 saturated heterocycles. The molecule has 1 atom stereocenters. The van der Waals surface area contributed by atoms with Crippen molar-refractivity contribution in [1.29, 1.82) is 0 Å². The number of amides is 1. The van der Waals surface area contributed by atoms with E-state index in [0.29, 0.717) is 6.54 Å². The number of carbonyl (C=O) groups excluding carboxylic acids is 1. The average molecular weight is 406 g/mol. The maximum absolute atomic E-state index is 12.8. The van der Waals surface area contributed by atoms with Crippen LogP contribution in [0.5, 0.6) is 5.75 Å². The molecule has 0 aliphatic carbocycles. The van der Waals surface area contributed by atoms with E-state index in [1.165, 1.54) is 5.56 Å². The summed E-state index contributed by atoms with van der Waals surface area (Å²) in [5, 5.41) is 3.08. The van der Waals surface area contributed by atoms with E-state index in [1.54, 1.807) is 12.4 Å². The molecule has 1 amide bonds. The van der Waals surface area contributed by atoms with Gasteiger partial charge in [-0.3, -0.25) is 14.7 Å². The van der Waals surface area contributed by atoms with Gasteiger partial charge in [0, 0.05) is 32.0 Å². The molecule has 1 fully saturated rings. The van der Waals surface area contributed by atoms with E-state index >= 15 is 0 Å². The number of benzene rings is 1. The largest absolute Gasteiger partial charge is 0.462 e. The van der Waals surface area contributed by atoms with Gasteiger partial charge in [-0.15, -0.1) is 0 Å². The van der Waals surface area contributed by atoms with Gasteiger partial charge in [0.1, 0.15) is 11.5 Å². The molecule has 0 bridgehead atoms. The number of ether oxygens (including phenoxy) is 1. The lowest BCUT2D eigenvalue weighted by atomic mass is 9.88. The summed E-state index contributed by atoms with van der Waals surface area (Å²) in [6.45, 7) is 8.96. The number of hydrogen-bond donors (Lipinski definition) is 1. The van der Waals surface area contributed by atoms with Crippen molar-refractivity contribution in [3.8, 4) is 5.75 Å². The first kappa shape index (κ1) is 21.8. The SMILES string of the molecule is CC=CC=C(C)Oc1cccc(CN2CCC(C)(C(=O)NCc3cccnc3)C2)c1. The third-order valence-corrected chi connectivity index (χ3v) is 5.38. The van der Waals surface area contributed by atoms with E-state index in [-0.39, 0.29) is 11.3 Å². The summed E-state index contributed by atoms with van der Waals surface area (Å²) in [7, 11) is 0. The summed E-state index contributed by atoms with van der Waals surface area (Å²) in [6, 6.07) is 12.0. The van der Waals surface area contributed by atoms with Crippen LogP contribution in [-0.4, -0.2) is 28.9 Å². The number of likely N-dealkylation sites (tertiary alicyclic amines) is 1. The third-order valence-electron chi connectivity index (χ3n) is 5.38. The number of pyridine rings is 1. The summed E-state index contributed by atoms with van der Waals surface area (Å²) in [4.78, 5) is 19.2. The molecule has 30 heavy (non-hydrogen) atoms. The van der Waals surface area contributed by atoms with Crippen molar-refractivity contribution in [3.63, 3.8) is 0 Å². The molecule has 2 heterocycles. The molecule has 158 valence electrons. The number of nitrogens with zero attached hydrogens (tertiary/aromatic N) is 2. The normalized spacial score (nSPS) is 19.9. The fraction of sp³-hybridized carbons (Fsp3) is 0.360. The van der Waals surface area contributed by atoms with Crippen LogP contribution >= 0.6 is 0 Å². The molecule has 5 heteroatoms. The molecule has 0 radical (unpaired) electrons. The molecule has 1 N–H and O–H groups in total. The van der Waals surface area contributed by atoms with Gasteiger partial charge >= 0.3 is 0 Å². The molecule has 0 spiro atoms. The Hall–Kier alpha value is -2.92. The van der Waals surface area contributed by atoms with Gasteiger partial charge in [0.15, 0.2) is 0 Å². The van der Waals surface area contributed by atoms with Crippen molar-refractivity contribution in [2.45, 2.75) is 40.3 Å². The Morgan fingerprint density at radius 2 is 2.13 bits per heavy atom. The van der Waals surface area contributed by atoms with Gasteiger partial charge in [0.05, 0.1) is 5.41 Å². The summed E-state index contributed by atoms with van der Waals surface area (Å²) in [5.41, 5.74) is 1.83. The van der Waals surface area contributed by atoms with Crippen LogP contribution in [0.3, 0.4) is 0 Å². The Morgan fingerprint density at radius 1 is 1.30 bits per heavy atom. The van der Waals surface area contributed by atoms with Gasteiger partial charge in [-0.25, -0.2) is 0 Å². The number of nitrogens with one attached hydrogen (secondary N) is 1. The van der Waals surface area contributed by atoms with Crippen LogP contribution in [0.1, 0.15) is 38.3 Å². The maximum Gasteiger partial charge on any atom is 0.227 e. The number of hydrogen-bond acceptors (Lipinski definition) is 4. The van der Waals surface area contributed by atoms with Crippen molar-refractivity contribution < 1.29 is 9.53 Å². The van der Waals surface area contributed by atoms with Crippen LogP contribution in [0.4, 0.5) is 0 Å². The minimum absolute atomic E-state index is 0.107. The Bertz CT molecular complexity index is 908. The Labute approximate surface area is 179 Å². The monoisotopic (exact) mass is 405 g/mol. The zero-order valence-corrected chi connectivity index (χ0v) is 18.1. The molecule has 3 rings (SSSR count). The van der Waals surface area contributed by atoms with Gasteiger partial charge in [0.2, 0.25) is 5.91 Å². The van der Waals surface area contributed by atoms with Gasteiger partial charge < -0.3 is 10.1 Å². The summed E-state index contributed by atoms with van der Waals surface area (Å²) >= 11 is 0. The standard InChI is InChI=1S/C25H31N3O2/c1-4-5-8-20(2)30-23-11-6-9-21(15-23)18-28-14-12-25(3,19-28)24(29)27-17-22-10-7-13-26-16-22/h4-11,13,15-16H,12,14,17-19H2,1-3H3,(H,27,29). The Balaban J connectivity index is 1.55. The second-order valence-electron chi connectivity index (χ2n) is 8.12. The van der Waals surface area contributed by atoms with Crippen LogP contribution in [0.15, 0.2) is 72.8 Å². The fourth-order valence-corrected chi connectivity index (χ4v) is 3.69. The van der Waals surface area contributed by atoms with Crippen LogP contribution in [0.2, 0.25) is 0 Å². The van der Waals surface area contributed by atoms with E-state index in [9.17, 15) is 4.79 Å². The Kier molecular flexibility index (Phi) is 7.41. The van der Waals surface area contributed by atoms with Gasteiger partial charge in [-0.05, 0) is 69.1 Å². The predicted octanol–water partition coefficient (Wildman–Crippen LogP) is 4.47. The first-order valence-corrected chi connectivity index (χ1v) is 10.4. The van der Waals surface area contributed by atoms with Gasteiger partial charge in [-0.2, -0.15) is 0 Å². The minimum atomic E-state index is -0.373. The molecule has 5 nitrogen and oxygen atoms in total. The van der Waals surface area contributed by atoms with Crippen molar-refractivity contribution in [3.05, 3.63) is 83.9 Å². The number of allylic oxidation sites excluding steroid dienone is 4. The average Bonchev–Trinajstić information content (AvgIpc) is 3.13. The van der Waals surface area contributed by atoms with Gasteiger partial charge in [-0.1, -0.05) is 30.4 Å². The number of carbonyl (C=O) groups is 1. The highest BCUT2D eigenvalue weighted by molar-refractivity contribution is 5.82. The first-order valence-electron chi connectivity index (χ1n) is 10.4. The second-order valence-corrected chi connectivity index (χ2v) is 8.12. The summed E-state index contributed by atoms with van der Waals surface area (Å²) in [6.07, 6.45) is 10.3. The summed E-state index contributed by atoms with van der Waals surface area (Å²) in [5.74, 6) is 1.79. The topological polar surface area (TPSA) is 54.5 Å². The van der Waals surface area contributed by atoms with E-state index in [2.05, 4.69) is 34.3 Å². The lowest BCUT2D eigenvalue weighted by Gasteiger charge is -2.24. The zero-order valence-electron chi connectivity index (χ0n) is 18.1. The molecule has 1 aromatic heterocycles. The zero-order chi connectivity index (χ0) is 21.4. The number of aromatic nitrogens is 1. The third kappa shape index (κ3) is 6.04. The van der Waals surface area contributed by atoms with Crippen LogP contribution in [0.25, 0.3) is 0 Å². The fourth-order valence-electron chi connectivity index (χ4n) is 3.69. The molecule has 1 aliphatic heterocycles. The number of rotatable bonds is 8. The molecule has 0 saturated carbocycles. The highest BCUT2D eigenvalue weighted by atomic mass is 16.5. The van der Waals surface area contributed by atoms with Crippen molar-refractivity contribution in [1.82, 2.24) is 15.2 Å². The lowest BCUT2D eigenvalue weighted by molar-refractivity contribution is -0.129. The second kappa shape index (κ2) is 10.2. The molecule has 1 aliphatic rings. The predicted molar refractivity (Wildman–Crippen MR) is 120 cm³/mol. The first-order chi connectivity index (χ1) is 14.5. The van der Waals surface area contributed by atoms with Crippen LogP contribution in [-0.2, 0) is 17.9 Å². The van der Waals surface area contributed by atoms with Crippen molar-refractivity contribution in [2.75, 3.05) is 13.1 Å². The smallest absolute Gasteiger partial charge is 0.227 e. The molecular formula is C25H31N3O2. The van der Waals surface area contributed by atoms with E-state index < -0.39 is 0 Å². The molecule has 2 aromatic rings. The van der Waals surface area contributed by atoms with Crippen LogP contribution in [0, 0.1) is 5.41 Å². The summed E-state index contributed by atoms with van der Waals surface area (Å²) < 4.78 is 5.90. The quantitative estimate of drug-likeness (QED) is 0.520. The van der Waals surface area contributed by atoms with Gasteiger partial charge in [0.25, 0.3) is 0 Å². The van der Waals surface area contributed by atoms with E-state index in [0.717, 1.165) is 43.1 Å². The van der Waals surface area contributed by atoms with Crippen molar-refractivity contribution >= 4 is 5.91 Å². The molecular weight excluding hydrogens is 374 g/mol. The molecule has 1 aromatic carbocycles. The highest BCUT2D eigenvalue weighted by Gasteiger charge is 2.40. The Morgan fingerprint density at radius 3 is 2.90 bits per heavy atom. The minimum Gasteiger partial charge on any atom is -0.462 e. The van der Waals surface area contributed by atoms with E-state index in [1.807, 2.05) is 56.3 Å². The van der Waals surface area contributed by atoms with E-state index in [4.69, 9.17) is 4.74 Å².